The van der Waals surface area contributed by atoms with Gasteiger partial charge < -0.3 is 29.0 Å². The van der Waals surface area contributed by atoms with Crippen molar-refractivity contribution >= 4 is 34.7 Å². The van der Waals surface area contributed by atoms with Gasteiger partial charge in [0.2, 0.25) is 11.8 Å². The number of furan rings is 1. The molecule has 3 atom stereocenters. The maximum Gasteiger partial charge on any atom is 0.415 e. The molecule has 2 saturated heterocycles. The highest BCUT2D eigenvalue weighted by Crippen LogP contribution is 2.33. The summed E-state index contributed by atoms with van der Waals surface area (Å²) < 4.78 is 16.3. The SMILES string of the molecule is COc1cccc2cc(OC(=O)NC(CC(C)C)C(=O)N3CCC4C3C(=O)CN4C(=O)Cc3cccnc3)oc12. The monoisotopic (exact) mass is 548 g/mol. The Morgan fingerprint density at radius 1 is 1.18 bits per heavy atom. The van der Waals surface area contributed by atoms with Gasteiger partial charge in [-0.25, -0.2) is 4.79 Å². The van der Waals surface area contributed by atoms with Gasteiger partial charge in [-0.1, -0.05) is 32.0 Å². The predicted molar refractivity (Wildman–Crippen MR) is 144 cm³/mol. The first-order valence-electron chi connectivity index (χ1n) is 13.3. The fourth-order valence-corrected chi connectivity index (χ4v) is 5.55. The number of amides is 3. The molecule has 0 spiro atoms. The van der Waals surface area contributed by atoms with Gasteiger partial charge in [-0.3, -0.25) is 19.4 Å². The van der Waals surface area contributed by atoms with Crippen LogP contribution in [0.15, 0.2) is 53.2 Å². The third-order valence-electron chi connectivity index (χ3n) is 7.30. The van der Waals surface area contributed by atoms with E-state index >= 15 is 0 Å². The second-order valence-electron chi connectivity index (χ2n) is 10.5. The summed E-state index contributed by atoms with van der Waals surface area (Å²) in [6.07, 6.45) is 3.37. The van der Waals surface area contributed by atoms with Gasteiger partial charge in [0.15, 0.2) is 17.1 Å². The molecular weight excluding hydrogens is 516 g/mol. The van der Waals surface area contributed by atoms with Gasteiger partial charge in [-0.2, -0.15) is 0 Å². The minimum atomic E-state index is -0.918. The van der Waals surface area contributed by atoms with Gasteiger partial charge in [0.05, 0.1) is 26.1 Å². The fraction of sp³-hybridized carbons (Fsp3) is 0.414. The Balaban J connectivity index is 1.27. The van der Waals surface area contributed by atoms with E-state index in [-0.39, 0.29) is 42.4 Å². The predicted octanol–water partition coefficient (Wildman–Crippen LogP) is 2.96. The number of methoxy groups -OCH3 is 1. The lowest BCUT2D eigenvalue weighted by atomic mass is 10.0. The molecule has 3 aromatic rings. The van der Waals surface area contributed by atoms with E-state index in [4.69, 9.17) is 13.9 Å². The van der Waals surface area contributed by atoms with Crippen LogP contribution in [0.5, 0.6) is 11.7 Å². The minimum absolute atomic E-state index is 0.0391. The van der Waals surface area contributed by atoms with Crippen LogP contribution in [0.25, 0.3) is 11.0 Å². The lowest BCUT2D eigenvalue weighted by Crippen LogP contribution is -2.53. The second kappa shape index (κ2) is 11.4. The number of carbonyl (C=O) groups is 4. The van der Waals surface area contributed by atoms with Crippen LogP contribution >= 0.6 is 0 Å². The quantitative estimate of drug-likeness (QED) is 0.455. The molecule has 2 aliphatic heterocycles. The molecule has 1 N–H and O–H groups in total. The van der Waals surface area contributed by atoms with Gasteiger partial charge in [0.1, 0.15) is 12.1 Å². The lowest BCUT2D eigenvalue weighted by molar-refractivity contribution is -0.138. The first-order valence-corrected chi connectivity index (χ1v) is 13.3. The summed E-state index contributed by atoms with van der Waals surface area (Å²) in [4.78, 5) is 59.7. The van der Waals surface area contributed by atoms with Gasteiger partial charge in [0.25, 0.3) is 5.95 Å². The zero-order chi connectivity index (χ0) is 28.4. The molecule has 11 heteroatoms. The average Bonchev–Trinajstić information content (AvgIpc) is 3.62. The second-order valence-corrected chi connectivity index (χ2v) is 10.5. The summed E-state index contributed by atoms with van der Waals surface area (Å²) >= 11 is 0. The number of hydrogen-bond acceptors (Lipinski definition) is 8. The third-order valence-corrected chi connectivity index (χ3v) is 7.30. The zero-order valence-electron chi connectivity index (χ0n) is 22.7. The Hall–Kier alpha value is -4.41. The van der Waals surface area contributed by atoms with E-state index in [0.29, 0.717) is 36.1 Å². The fourth-order valence-electron chi connectivity index (χ4n) is 5.55. The summed E-state index contributed by atoms with van der Waals surface area (Å²) in [6, 6.07) is 8.41. The number of para-hydroxylation sites is 1. The summed E-state index contributed by atoms with van der Waals surface area (Å²) in [6.45, 7) is 4.14. The highest BCUT2D eigenvalue weighted by molar-refractivity contribution is 5.99. The Bertz CT molecular complexity index is 1420. The smallest absolute Gasteiger partial charge is 0.415 e. The number of ether oxygens (including phenoxy) is 2. The summed E-state index contributed by atoms with van der Waals surface area (Å²) in [5, 5.41) is 3.36. The van der Waals surface area contributed by atoms with E-state index in [9.17, 15) is 19.2 Å². The van der Waals surface area contributed by atoms with Crippen molar-refractivity contribution in [2.75, 3.05) is 20.2 Å². The van der Waals surface area contributed by atoms with Gasteiger partial charge >= 0.3 is 6.09 Å². The number of nitrogens with zero attached hydrogens (tertiary/aromatic N) is 3. The normalized spacial score (nSPS) is 19.1. The van der Waals surface area contributed by atoms with Crippen molar-refractivity contribution in [2.45, 2.75) is 51.2 Å². The molecule has 210 valence electrons. The Labute approximate surface area is 231 Å². The summed E-state index contributed by atoms with van der Waals surface area (Å²) in [7, 11) is 1.51. The standard InChI is InChI=1S/C29H32N4O7/c1-17(2)12-20(31-29(37)40-25-14-19-7-4-8-23(38-3)27(19)39-25)28(36)32-11-9-21-26(32)22(34)16-33(21)24(35)13-18-6-5-10-30-15-18/h4-8,10,14-15,17,20-21,26H,9,11-13,16H2,1-3H3,(H,31,37). The topological polar surface area (TPSA) is 131 Å². The Morgan fingerprint density at radius 2 is 2.00 bits per heavy atom. The molecule has 0 aliphatic carbocycles. The molecule has 2 fully saturated rings. The molecular formula is C29H32N4O7. The van der Waals surface area contributed by atoms with Crippen LogP contribution in [0.2, 0.25) is 0 Å². The van der Waals surface area contributed by atoms with Gasteiger partial charge in [-0.15, -0.1) is 0 Å². The molecule has 0 bridgehead atoms. The van der Waals surface area contributed by atoms with Crippen molar-refractivity contribution in [1.82, 2.24) is 20.1 Å². The maximum absolute atomic E-state index is 13.7. The molecule has 40 heavy (non-hydrogen) atoms. The number of hydrogen-bond donors (Lipinski definition) is 1. The number of likely N-dealkylation sites (tertiary alicyclic amines) is 2. The number of Topliss-reactive ketones (excluding diaryl/α,β-unsaturated/α-hetero) is 1. The van der Waals surface area contributed by atoms with Crippen LogP contribution < -0.4 is 14.8 Å². The molecule has 3 amide bonds. The van der Waals surface area contributed by atoms with E-state index < -0.39 is 24.2 Å². The summed E-state index contributed by atoms with van der Waals surface area (Å²) in [5.41, 5.74) is 1.20. The van der Waals surface area contributed by atoms with Crippen molar-refractivity contribution in [3.8, 4) is 11.7 Å². The molecule has 4 heterocycles. The van der Waals surface area contributed by atoms with Crippen LogP contribution in [-0.2, 0) is 20.8 Å². The Morgan fingerprint density at radius 3 is 2.73 bits per heavy atom. The van der Waals surface area contributed by atoms with Crippen molar-refractivity contribution in [3.05, 3.63) is 54.4 Å². The van der Waals surface area contributed by atoms with E-state index in [1.54, 1.807) is 47.6 Å². The van der Waals surface area contributed by atoms with Gasteiger partial charge in [-0.05, 0) is 36.5 Å². The van der Waals surface area contributed by atoms with Crippen molar-refractivity contribution < 1.29 is 33.1 Å². The van der Waals surface area contributed by atoms with Crippen molar-refractivity contribution in [2.24, 2.45) is 5.92 Å². The molecule has 1 aromatic carbocycles. The first kappa shape index (κ1) is 27.2. The van der Waals surface area contributed by atoms with Gasteiger partial charge in [0, 0.05) is 30.4 Å². The van der Waals surface area contributed by atoms with E-state index in [1.165, 1.54) is 12.0 Å². The minimum Gasteiger partial charge on any atom is -0.493 e. The number of rotatable bonds is 8. The number of ketones is 1. The summed E-state index contributed by atoms with van der Waals surface area (Å²) in [5.74, 6) is -0.205. The average molecular weight is 549 g/mol. The zero-order valence-corrected chi connectivity index (χ0v) is 22.7. The van der Waals surface area contributed by atoms with Crippen molar-refractivity contribution in [3.63, 3.8) is 0 Å². The third kappa shape index (κ3) is 5.49. The molecule has 0 radical (unpaired) electrons. The van der Waals surface area contributed by atoms with Crippen LogP contribution in [0.3, 0.4) is 0 Å². The number of nitrogens with one attached hydrogen (secondary N) is 1. The number of pyridine rings is 1. The van der Waals surface area contributed by atoms with Crippen LogP contribution in [0, 0.1) is 5.92 Å². The van der Waals surface area contributed by atoms with Crippen LogP contribution in [-0.4, -0.2) is 76.8 Å². The number of benzene rings is 1. The van der Waals surface area contributed by atoms with E-state index in [1.807, 2.05) is 19.9 Å². The van der Waals surface area contributed by atoms with Crippen LogP contribution in [0.4, 0.5) is 4.79 Å². The first-order chi connectivity index (χ1) is 19.2. The maximum atomic E-state index is 13.7. The molecule has 0 saturated carbocycles. The van der Waals surface area contributed by atoms with Crippen molar-refractivity contribution in [1.29, 1.82) is 0 Å². The highest BCUT2D eigenvalue weighted by atomic mass is 16.6. The van der Waals surface area contributed by atoms with E-state index in [0.717, 1.165) is 5.56 Å². The van der Waals surface area contributed by atoms with Crippen LogP contribution in [0.1, 0.15) is 32.3 Å². The molecule has 5 rings (SSSR count). The molecule has 3 unspecified atom stereocenters. The molecule has 11 nitrogen and oxygen atoms in total. The highest BCUT2D eigenvalue weighted by Gasteiger charge is 2.52. The lowest BCUT2D eigenvalue weighted by Gasteiger charge is -2.28. The van der Waals surface area contributed by atoms with E-state index in [2.05, 4.69) is 10.3 Å². The number of fused-ring (bicyclic) bond motifs is 2. The number of aromatic nitrogens is 1. The molecule has 2 aliphatic rings. The largest absolute Gasteiger partial charge is 0.493 e. The molecule has 2 aromatic heterocycles. The Kier molecular flexibility index (Phi) is 7.72. The number of carbonyl (C=O) groups excluding carboxylic acids is 4.